The summed E-state index contributed by atoms with van der Waals surface area (Å²) in [4.78, 5) is 5.33. The highest BCUT2D eigenvalue weighted by Crippen LogP contribution is 2.16. The normalized spacial score (nSPS) is 12.3. The van der Waals surface area contributed by atoms with Crippen molar-refractivity contribution in [3.05, 3.63) is 16.1 Å². The van der Waals surface area contributed by atoms with E-state index in [9.17, 15) is 0 Å². The SMILES string of the molecule is Cc1cnc([C@H](C)N)s1.Cl. The molecule has 1 atom stereocenters. The topological polar surface area (TPSA) is 38.9 Å². The minimum absolute atomic E-state index is 0. The van der Waals surface area contributed by atoms with Crippen molar-refractivity contribution in [1.29, 1.82) is 0 Å². The third-order valence-corrected chi connectivity index (χ3v) is 2.14. The van der Waals surface area contributed by atoms with Crippen LogP contribution in [0.2, 0.25) is 0 Å². The van der Waals surface area contributed by atoms with Crippen LogP contribution in [0, 0.1) is 6.92 Å². The van der Waals surface area contributed by atoms with Gasteiger partial charge >= 0.3 is 0 Å². The first kappa shape index (κ1) is 9.88. The van der Waals surface area contributed by atoms with Crippen LogP contribution in [-0.2, 0) is 0 Å². The molecule has 0 aliphatic heterocycles. The summed E-state index contributed by atoms with van der Waals surface area (Å²) in [5, 5.41) is 1.02. The summed E-state index contributed by atoms with van der Waals surface area (Å²) < 4.78 is 0. The van der Waals surface area contributed by atoms with Crippen molar-refractivity contribution in [2.24, 2.45) is 5.73 Å². The molecule has 0 saturated carbocycles. The van der Waals surface area contributed by atoms with Crippen LogP contribution in [-0.4, -0.2) is 4.98 Å². The second-order valence-electron chi connectivity index (χ2n) is 2.10. The number of thiazole rings is 1. The van der Waals surface area contributed by atoms with Gasteiger partial charge in [0.2, 0.25) is 0 Å². The zero-order valence-electron chi connectivity index (χ0n) is 6.00. The van der Waals surface area contributed by atoms with Crippen LogP contribution in [0.15, 0.2) is 6.20 Å². The van der Waals surface area contributed by atoms with Gasteiger partial charge < -0.3 is 5.73 Å². The number of aromatic nitrogens is 1. The first-order chi connectivity index (χ1) is 4.20. The number of nitrogens with zero attached hydrogens (tertiary/aromatic N) is 1. The van der Waals surface area contributed by atoms with Gasteiger partial charge in [0.15, 0.2) is 0 Å². The Kier molecular flexibility index (Phi) is 3.86. The molecule has 58 valence electrons. The first-order valence-corrected chi connectivity index (χ1v) is 3.69. The molecule has 1 heterocycles. The van der Waals surface area contributed by atoms with Crippen LogP contribution in [0.25, 0.3) is 0 Å². The quantitative estimate of drug-likeness (QED) is 0.714. The first-order valence-electron chi connectivity index (χ1n) is 2.88. The molecule has 0 saturated heterocycles. The van der Waals surface area contributed by atoms with Gasteiger partial charge in [-0.3, -0.25) is 0 Å². The molecule has 0 aromatic carbocycles. The molecule has 2 N–H and O–H groups in total. The van der Waals surface area contributed by atoms with Crippen molar-refractivity contribution in [3.8, 4) is 0 Å². The highest BCUT2D eigenvalue weighted by Gasteiger charge is 2.01. The maximum absolute atomic E-state index is 5.57. The average molecular weight is 179 g/mol. The molecule has 0 fully saturated rings. The Morgan fingerprint density at radius 3 is 2.50 bits per heavy atom. The molecule has 0 spiro atoms. The zero-order chi connectivity index (χ0) is 6.85. The minimum atomic E-state index is 0. The van der Waals surface area contributed by atoms with Crippen LogP contribution in [0.5, 0.6) is 0 Å². The molecule has 1 rings (SSSR count). The van der Waals surface area contributed by atoms with Gasteiger partial charge in [-0.05, 0) is 13.8 Å². The summed E-state index contributed by atoms with van der Waals surface area (Å²) >= 11 is 1.66. The monoisotopic (exact) mass is 178 g/mol. The van der Waals surface area contributed by atoms with Gasteiger partial charge in [-0.25, -0.2) is 4.98 Å². The van der Waals surface area contributed by atoms with Gasteiger partial charge in [0.1, 0.15) is 5.01 Å². The fourth-order valence-electron chi connectivity index (χ4n) is 0.583. The molecule has 0 bridgehead atoms. The molecule has 0 unspecified atom stereocenters. The van der Waals surface area contributed by atoms with Gasteiger partial charge in [0, 0.05) is 11.1 Å². The Morgan fingerprint density at radius 1 is 1.70 bits per heavy atom. The molecular weight excluding hydrogens is 168 g/mol. The Balaban J connectivity index is 0.000000810. The molecule has 1 aromatic heterocycles. The van der Waals surface area contributed by atoms with E-state index in [1.807, 2.05) is 20.0 Å². The second kappa shape index (κ2) is 3.91. The van der Waals surface area contributed by atoms with E-state index in [4.69, 9.17) is 5.73 Å². The van der Waals surface area contributed by atoms with Crippen LogP contribution < -0.4 is 5.73 Å². The zero-order valence-corrected chi connectivity index (χ0v) is 7.63. The predicted octanol–water partition coefficient (Wildman–Crippen LogP) is 1.89. The second-order valence-corrected chi connectivity index (χ2v) is 3.36. The highest BCUT2D eigenvalue weighted by molar-refractivity contribution is 7.11. The standard InChI is InChI=1S/C6H10N2S.ClH/c1-4-3-8-6(9-4)5(2)7;/h3,5H,7H2,1-2H3;1H/t5-;/m0./s1. The Morgan fingerprint density at radius 2 is 2.30 bits per heavy atom. The van der Waals surface area contributed by atoms with E-state index >= 15 is 0 Å². The number of hydrogen-bond donors (Lipinski definition) is 1. The number of nitrogens with two attached hydrogens (primary N) is 1. The molecule has 1 aromatic rings. The summed E-state index contributed by atoms with van der Waals surface area (Å²) in [6.45, 7) is 3.97. The van der Waals surface area contributed by atoms with Gasteiger partial charge in [-0.1, -0.05) is 0 Å². The molecule has 2 nitrogen and oxygen atoms in total. The summed E-state index contributed by atoms with van der Waals surface area (Å²) in [6, 6.07) is 0.0868. The van der Waals surface area contributed by atoms with Crippen molar-refractivity contribution < 1.29 is 0 Å². The van der Waals surface area contributed by atoms with Gasteiger partial charge in [-0.15, -0.1) is 23.7 Å². The van der Waals surface area contributed by atoms with E-state index in [2.05, 4.69) is 4.98 Å². The molecule has 0 amide bonds. The third-order valence-electron chi connectivity index (χ3n) is 1.03. The molecule has 0 aliphatic rings. The molecule has 0 radical (unpaired) electrons. The van der Waals surface area contributed by atoms with Crippen molar-refractivity contribution in [3.63, 3.8) is 0 Å². The fourth-order valence-corrected chi connectivity index (χ4v) is 1.31. The summed E-state index contributed by atoms with van der Waals surface area (Å²) in [5.74, 6) is 0. The molecular formula is C6H11ClN2S. The van der Waals surface area contributed by atoms with Crippen LogP contribution >= 0.6 is 23.7 Å². The maximum atomic E-state index is 5.57. The fraction of sp³-hybridized carbons (Fsp3) is 0.500. The van der Waals surface area contributed by atoms with Crippen LogP contribution in [0.3, 0.4) is 0 Å². The van der Waals surface area contributed by atoms with Crippen molar-refractivity contribution in [1.82, 2.24) is 4.98 Å². The van der Waals surface area contributed by atoms with Crippen molar-refractivity contribution >= 4 is 23.7 Å². The Labute approximate surface area is 70.9 Å². The lowest BCUT2D eigenvalue weighted by atomic mass is 10.4. The van der Waals surface area contributed by atoms with E-state index in [0.717, 1.165) is 5.01 Å². The molecule has 4 heteroatoms. The van der Waals surface area contributed by atoms with Crippen molar-refractivity contribution in [2.75, 3.05) is 0 Å². The maximum Gasteiger partial charge on any atom is 0.109 e. The van der Waals surface area contributed by atoms with Crippen molar-refractivity contribution in [2.45, 2.75) is 19.9 Å². The summed E-state index contributed by atoms with van der Waals surface area (Å²) in [6.07, 6.45) is 1.85. The van der Waals surface area contributed by atoms with E-state index in [1.165, 1.54) is 4.88 Å². The number of hydrogen-bond acceptors (Lipinski definition) is 3. The Bertz CT molecular complexity index is 197. The number of halogens is 1. The van der Waals surface area contributed by atoms with E-state index in [0.29, 0.717) is 0 Å². The summed E-state index contributed by atoms with van der Waals surface area (Å²) in [5.41, 5.74) is 5.57. The van der Waals surface area contributed by atoms with Gasteiger partial charge in [-0.2, -0.15) is 0 Å². The number of aryl methyl sites for hydroxylation is 1. The predicted molar refractivity (Wildman–Crippen MR) is 46.7 cm³/mol. The summed E-state index contributed by atoms with van der Waals surface area (Å²) in [7, 11) is 0. The van der Waals surface area contributed by atoms with E-state index in [-0.39, 0.29) is 18.4 Å². The number of rotatable bonds is 1. The smallest absolute Gasteiger partial charge is 0.109 e. The van der Waals surface area contributed by atoms with Crippen LogP contribution in [0.4, 0.5) is 0 Å². The Hall–Kier alpha value is -0.120. The largest absolute Gasteiger partial charge is 0.322 e. The average Bonchev–Trinajstić information content (AvgIpc) is 2.14. The highest BCUT2D eigenvalue weighted by atomic mass is 35.5. The third kappa shape index (κ3) is 2.25. The van der Waals surface area contributed by atoms with E-state index < -0.39 is 0 Å². The van der Waals surface area contributed by atoms with Gasteiger partial charge in [0.05, 0.1) is 6.04 Å². The lowest BCUT2D eigenvalue weighted by Gasteiger charge is -1.95. The minimum Gasteiger partial charge on any atom is -0.322 e. The van der Waals surface area contributed by atoms with E-state index in [1.54, 1.807) is 11.3 Å². The molecule has 10 heavy (non-hydrogen) atoms. The van der Waals surface area contributed by atoms with Crippen LogP contribution in [0.1, 0.15) is 22.9 Å². The molecule has 0 aliphatic carbocycles. The van der Waals surface area contributed by atoms with Gasteiger partial charge in [0.25, 0.3) is 0 Å². The lowest BCUT2D eigenvalue weighted by Crippen LogP contribution is -2.03. The lowest BCUT2D eigenvalue weighted by molar-refractivity contribution is 0.807.